The second kappa shape index (κ2) is 7.86. The minimum atomic E-state index is -1.10. The lowest BCUT2D eigenvalue weighted by Gasteiger charge is -2.12. The normalized spacial score (nSPS) is 11.9. The highest BCUT2D eigenvalue weighted by Crippen LogP contribution is 2.16. The first-order chi connectivity index (χ1) is 11.8. The molecule has 1 N–H and O–H groups in total. The first kappa shape index (κ1) is 17.9. The molecule has 0 aliphatic carbocycles. The minimum Gasteiger partial charge on any atom is -0.449 e. The smallest absolute Gasteiger partial charge is 0.433 e. The summed E-state index contributed by atoms with van der Waals surface area (Å²) in [5.41, 5.74) is 0.354. The van der Waals surface area contributed by atoms with Crippen molar-refractivity contribution in [3.05, 3.63) is 64.2 Å². The maximum atomic E-state index is 12.8. The number of benzene rings is 1. The van der Waals surface area contributed by atoms with Gasteiger partial charge in [-0.15, -0.1) is 0 Å². The average molecular weight is 348 g/mol. The van der Waals surface area contributed by atoms with Crippen LogP contribution < -0.4 is 5.32 Å². The largest absolute Gasteiger partial charge is 0.449 e. The maximum Gasteiger partial charge on any atom is 0.433 e. The van der Waals surface area contributed by atoms with Crippen molar-refractivity contribution in [2.75, 3.05) is 5.32 Å². The summed E-state index contributed by atoms with van der Waals surface area (Å²) in [4.78, 5) is 33.3. The Morgan fingerprint density at radius 1 is 1.28 bits per heavy atom. The number of nitrogens with one attached hydrogen (secondary N) is 1. The van der Waals surface area contributed by atoms with Crippen molar-refractivity contribution in [1.29, 1.82) is 0 Å². The van der Waals surface area contributed by atoms with Crippen molar-refractivity contribution in [2.45, 2.75) is 13.0 Å². The molecule has 8 nitrogen and oxygen atoms in total. The highest BCUT2D eigenvalue weighted by molar-refractivity contribution is 5.96. The van der Waals surface area contributed by atoms with Crippen LogP contribution >= 0.6 is 0 Å². The molecule has 1 aromatic heterocycles. The van der Waals surface area contributed by atoms with Gasteiger partial charge in [-0.05, 0) is 43.3 Å². The fourth-order valence-electron chi connectivity index (χ4n) is 1.72. The molecule has 0 fully saturated rings. The van der Waals surface area contributed by atoms with E-state index in [4.69, 9.17) is 9.15 Å². The van der Waals surface area contributed by atoms with Gasteiger partial charge in [-0.25, -0.2) is 9.18 Å². The molecular weight excluding hydrogens is 335 g/mol. The molecule has 9 heteroatoms. The van der Waals surface area contributed by atoms with Gasteiger partial charge < -0.3 is 14.5 Å². The van der Waals surface area contributed by atoms with E-state index in [2.05, 4.69) is 5.32 Å². The summed E-state index contributed by atoms with van der Waals surface area (Å²) in [6.07, 6.45) is 1.05. The van der Waals surface area contributed by atoms with Gasteiger partial charge in [0.25, 0.3) is 5.91 Å². The lowest BCUT2D eigenvalue weighted by Crippen LogP contribution is -2.29. The van der Waals surface area contributed by atoms with Gasteiger partial charge in [-0.1, -0.05) is 0 Å². The van der Waals surface area contributed by atoms with E-state index < -0.39 is 34.6 Å². The van der Waals surface area contributed by atoms with Gasteiger partial charge in [0.05, 0.1) is 6.07 Å². The first-order valence-corrected chi connectivity index (χ1v) is 7.04. The fraction of sp³-hybridized carbons (Fsp3) is 0.125. The Kier molecular flexibility index (Phi) is 5.62. The molecule has 1 amide bonds. The number of nitro groups is 1. The van der Waals surface area contributed by atoms with E-state index in [1.165, 1.54) is 43.3 Å². The molecule has 1 atom stereocenters. The number of halogens is 1. The van der Waals surface area contributed by atoms with Crippen LogP contribution in [0.2, 0.25) is 0 Å². The third kappa shape index (κ3) is 5.27. The Hall–Kier alpha value is -3.49. The van der Waals surface area contributed by atoms with Crippen molar-refractivity contribution >= 4 is 29.5 Å². The molecule has 2 rings (SSSR count). The van der Waals surface area contributed by atoms with Crippen molar-refractivity contribution in [1.82, 2.24) is 0 Å². The summed E-state index contributed by atoms with van der Waals surface area (Å²) in [5.74, 6) is -2.24. The van der Waals surface area contributed by atoms with Crippen LogP contribution in [0.1, 0.15) is 12.7 Å². The van der Waals surface area contributed by atoms with Crippen LogP contribution in [-0.4, -0.2) is 22.9 Å². The summed E-state index contributed by atoms with van der Waals surface area (Å²) in [6, 6.07) is 7.54. The Morgan fingerprint density at radius 2 is 1.96 bits per heavy atom. The number of rotatable bonds is 6. The van der Waals surface area contributed by atoms with Gasteiger partial charge in [0.15, 0.2) is 6.10 Å². The van der Waals surface area contributed by atoms with Crippen molar-refractivity contribution in [3.63, 3.8) is 0 Å². The van der Waals surface area contributed by atoms with Crippen molar-refractivity contribution in [3.8, 4) is 0 Å². The first-order valence-electron chi connectivity index (χ1n) is 7.04. The number of nitrogens with zero attached hydrogens (tertiary/aromatic N) is 1. The lowest BCUT2D eigenvalue weighted by atomic mass is 10.3. The zero-order valence-corrected chi connectivity index (χ0v) is 13.0. The summed E-state index contributed by atoms with van der Waals surface area (Å²) in [6.45, 7) is 1.36. The van der Waals surface area contributed by atoms with E-state index in [-0.39, 0.29) is 5.76 Å². The highest BCUT2D eigenvalue weighted by Gasteiger charge is 2.17. The van der Waals surface area contributed by atoms with Gasteiger partial charge in [-0.3, -0.25) is 14.9 Å². The predicted octanol–water partition coefficient (Wildman–Crippen LogP) is 2.91. The van der Waals surface area contributed by atoms with Gasteiger partial charge in [0.1, 0.15) is 16.5 Å². The molecule has 25 heavy (non-hydrogen) atoms. The van der Waals surface area contributed by atoms with Crippen LogP contribution in [0.15, 0.2) is 46.9 Å². The molecule has 0 aliphatic rings. The lowest BCUT2D eigenvalue weighted by molar-refractivity contribution is -0.402. The molecule has 0 radical (unpaired) electrons. The topological polar surface area (TPSA) is 112 Å². The second-order valence-corrected chi connectivity index (χ2v) is 4.84. The van der Waals surface area contributed by atoms with Crippen LogP contribution in [0.25, 0.3) is 6.08 Å². The van der Waals surface area contributed by atoms with Crippen molar-refractivity contribution in [2.24, 2.45) is 0 Å². The fourth-order valence-corrected chi connectivity index (χ4v) is 1.72. The van der Waals surface area contributed by atoms with Crippen LogP contribution in [0.5, 0.6) is 0 Å². The molecule has 0 spiro atoms. The Bertz CT molecular complexity index is 812. The third-order valence-electron chi connectivity index (χ3n) is 2.95. The molecule has 1 heterocycles. The number of carbonyl (C=O) groups excluding carboxylic acids is 2. The average Bonchev–Trinajstić information content (AvgIpc) is 3.04. The van der Waals surface area contributed by atoms with E-state index in [1.54, 1.807) is 0 Å². The molecule has 0 aliphatic heterocycles. The number of hydrogen-bond donors (Lipinski definition) is 1. The Balaban J connectivity index is 1.87. The minimum absolute atomic E-state index is 0.0899. The zero-order chi connectivity index (χ0) is 18.4. The molecule has 2 aromatic rings. The number of amides is 1. The molecule has 0 saturated carbocycles. The van der Waals surface area contributed by atoms with Crippen LogP contribution in [0.4, 0.5) is 16.0 Å². The summed E-state index contributed by atoms with van der Waals surface area (Å²) >= 11 is 0. The number of hydrogen-bond acceptors (Lipinski definition) is 6. The number of anilines is 1. The van der Waals surface area contributed by atoms with Crippen LogP contribution in [0.3, 0.4) is 0 Å². The predicted molar refractivity (Wildman–Crippen MR) is 85.0 cm³/mol. The molecular formula is C16H13FN2O6. The summed E-state index contributed by atoms with van der Waals surface area (Å²) < 4.78 is 22.5. The number of esters is 1. The van der Waals surface area contributed by atoms with Crippen LogP contribution in [0, 0.1) is 15.9 Å². The molecule has 1 aromatic carbocycles. The van der Waals surface area contributed by atoms with Gasteiger partial charge in [0.2, 0.25) is 0 Å². The maximum absolute atomic E-state index is 12.8. The number of carbonyl (C=O) groups is 2. The quantitative estimate of drug-likeness (QED) is 0.372. The molecule has 0 bridgehead atoms. The van der Waals surface area contributed by atoms with Crippen molar-refractivity contribution < 1.29 is 28.1 Å². The standard InChI is InChI=1S/C16H13FN2O6/c1-10(16(21)18-12-4-2-11(17)3-5-12)24-15(20)9-7-13-6-8-14(25-13)19(22)23/h2-10H,1H3,(H,18,21)/b9-7+/t10-/m0/s1. The van der Waals surface area contributed by atoms with E-state index in [1.807, 2.05) is 0 Å². The summed E-state index contributed by atoms with van der Waals surface area (Å²) in [7, 11) is 0. The van der Waals surface area contributed by atoms with E-state index in [0.717, 1.165) is 12.1 Å². The third-order valence-corrected chi connectivity index (χ3v) is 2.95. The summed E-state index contributed by atoms with van der Waals surface area (Å²) in [5, 5.41) is 12.9. The van der Waals surface area contributed by atoms with Gasteiger partial charge in [0, 0.05) is 11.8 Å². The monoisotopic (exact) mass is 348 g/mol. The zero-order valence-electron chi connectivity index (χ0n) is 13.0. The Morgan fingerprint density at radius 3 is 2.56 bits per heavy atom. The highest BCUT2D eigenvalue weighted by atomic mass is 19.1. The van der Waals surface area contributed by atoms with Gasteiger partial charge in [-0.2, -0.15) is 0 Å². The van der Waals surface area contributed by atoms with E-state index in [0.29, 0.717) is 5.69 Å². The second-order valence-electron chi connectivity index (χ2n) is 4.84. The van der Waals surface area contributed by atoms with Crippen LogP contribution in [-0.2, 0) is 14.3 Å². The SMILES string of the molecule is C[C@H](OC(=O)/C=C/c1ccc([N+](=O)[O-])o1)C(=O)Nc1ccc(F)cc1. The molecule has 0 unspecified atom stereocenters. The molecule has 130 valence electrons. The number of ether oxygens (including phenoxy) is 1. The number of furan rings is 1. The van der Waals surface area contributed by atoms with Gasteiger partial charge >= 0.3 is 11.9 Å². The molecule has 0 saturated heterocycles. The van der Waals surface area contributed by atoms with E-state index >= 15 is 0 Å². The Labute approximate surface area is 141 Å². The van der Waals surface area contributed by atoms with E-state index in [9.17, 15) is 24.1 Å².